The first-order valence-electron chi connectivity index (χ1n) is 9.62. The highest BCUT2D eigenvalue weighted by Gasteiger charge is 2.15. The van der Waals surface area contributed by atoms with Gasteiger partial charge >= 0.3 is 0 Å². The zero-order valence-corrected chi connectivity index (χ0v) is 17.0. The van der Waals surface area contributed by atoms with Crippen molar-refractivity contribution >= 4 is 11.8 Å². The zero-order chi connectivity index (χ0) is 20.6. The van der Waals surface area contributed by atoms with Crippen LogP contribution in [-0.4, -0.2) is 39.8 Å². The smallest absolute Gasteiger partial charge is 0.225 e. The summed E-state index contributed by atoms with van der Waals surface area (Å²) in [5, 5.41) is 16.3. The normalized spacial score (nSPS) is 11.9. The molecule has 152 valence electrons. The lowest BCUT2D eigenvalue weighted by Crippen LogP contribution is -2.30. The molecular weight excluding hydrogens is 366 g/mol. The molecule has 2 aromatic heterocycles. The fourth-order valence-electron chi connectivity index (χ4n) is 2.84. The monoisotopic (exact) mass is 393 g/mol. The summed E-state index contributed by atoms with van der Waals surface area (Å²) in [6.07, 6.45) is 3.47. The number of nitrogens with one attached hydrogen (secondary N) is 2. The van der Waals surface area contributed by atoms with E-state index in [-0.39, 0.29) is 18.6 Å². The van der Waals surface area contributed by atoms with Gasteiger partial charge in [0, 0.05) is 30.6 Å². The molecule has 3 N–H and O–H groups in total. The highest BCUT2D eigenvalue weighted by molar-refractivity contribution is 5.64. The molecule has 3 rings (SSSR count). The Labute approximate surface area is 171 Å². The highest BCUT2D eigenvalue weighted by Crippen LogP contribution is 2.22. The quantitative estimate of drug-likeness (QED) is 0.512. The maximum absolute atomic E-state index is 9.66. The van der Waals surface area contributed by atoms with E-state index in [4.69, 9.17) is 4.74 Å². The molecule has 0 aliphatic rings. The van der Waals surface area contributed by atoms with E-state index in [1.807, 2.05) is 56.3 Å². The lowest BCUT2D eigenvalue weighted by atomic mass is 10.1. The average molecular weight is 393 g/mol. The molecule has 7 nitrogen and oxygen atoms in total. The minimum Gasteiger partial charge on any atom is -0.497 e. The minimum absolute atomic E-state index is 0.00703. The number of pyridine rings is 1. The average Bonchev–Trinajstić information content (AvgIpc) is 2.76. The van der Waals surface area contributed by atoms with Gasteiger partial charge in [0.25, 0.3) is 0 Å². The molecule has 0 bridgehead atoms. The van der Waals surface area contributed by atoms with Gasteiger partial charge in [0.2, 0.25) is 5.95 Å². The van der Waals surface area contributed by atoms with Gasteiger partial charge in [-0.05, 0) is 35.7 Å². The second-order valence-electron chi connectivity index (χ2n) is 7.08. The minimum atomic E-state index is -0.131. The van der Waals surface area contributed by atoms with E-state index in [2.05, 4.69) is 25.6 Å². The van der Waals surface area contributed by atoms with Gasteiger partial charge in [-0.2, -0.15) is 4.98 Å². The summed E-state index contributed by atoms with van der Waals surface area (Å²) in [6.45, 7) is 4.69. The Balaban J connectivity index is 1.87. The van der Waals surface area contributed by atoms with E-state index in [0.29, 0.717) is 18.3 Å². The van der Waals surface area contributed by atoms with Gasteiger partial charge in [-0.3, -0.25) is 4.98 Å². The van der Waals surface area contributed by atoms with Crippen molar-refractivity contribution in [3.8, 4) is 17.0 Å². The van der Waals surface area contributed by atoms with E-state index in [9.17, 15) is 5.11 Å². The van der Waals surface area contributed by atoms with Gasteiger partial charge in [0.15, 0.2) is 0 Å². The van der Waals surface area contributed by atoms with Gasteiger partial charge in [0.05, 0.1) is 25.5 Å². The van der Waals surface area contributed by atoms with E-state index in [1.165, 1.54) is 0 Å². The van der Waals surface area contributed by atoms with Crippen molar-refractivity contribution in [1.29, 1.82) is 0 Å². The highest BCUT2D eigenvalue weighted by atomic mass is 16.5. The van der Waals surface area contributed by atoms with Crippen LogP contribution in [0, 0.1) is 5.92 Å². The Morgan fingerprint density at radius 2 is 1.86 bits per heavy atom. The molecule has 29 heavy (non-hydrogen) atoms. The number of hydrogen-bond acceptors (Lipinski definition) is 7. The Bertz CT molecular complexity index is 918. The number of ether oxygens (including phenoxy) is 1. The van der Waals surface area contributed by atoms with Gasteiger partial charge in [-0.1, -0.05) is 26.0 Å². The molecule has 2 heterocycles. The molecule has 1 aromatic carbocycles. The van der Waals surface area contributed by atoms with Gasteiger partial charge < -0.3 is 20.5 Å². The number of aliphatic hydroxyl groups is 1. The molecule has 0 fully saturated rings. The number of aliphatic hydroxyl groups excluding tert-OH is 1. The first-order chi connectivity index (χ1) is 14.1. The number of nitrogens with zero attached hydrogens (tertiary/aromatic N) is 3. The van der Waals surface area contributed by atoms with Crippen LogP contribution >= 0.6 is 0 Å². The standard InChI is InChI=1S/C22H27N5O2/c1-15(2)20(14-28)26-22-25-19(17-7-9-23-10-8-17)12-21(27-22)24-13-16-5-4-6-18(11-16)29-3/h4-12,15,20,28H,13-14H2,1-3H3,(H2,24,25,26,27)/t20-/m0/s1. The van der Waals surface area contributed by atoms with Crippen molar-refractivity contribution in [3.05, 3.63) is 60.4 Å². The first kappa shape index (κ1) is 20.5. The summed E-state index contributed by atoms with van der Waals surface area (Å²) in [7, 11) is 1.65. The molecular formula is C22H27N5O2. The Morgan fingerprint density at radius 1 is 1.07 bits per heavy atom. The maximum atomic E-state index is 9.66. The first-order valence-corrected chi connectivity index (χ1v) is 9.62. The number of anilines is 2. The second-order valence-corrected chi connectivity index (χ2v) is 7.08. The van der Waals surface area contributed by atoms with Crippen LogP contribution in [0.5, 0.6) is 5.75 Å². The van der Waals surface area contributed by atoms with Crippen LogP contribution in [0.4, 0.5) is 11.8 Å². The van der Waals surface area contributed by atoms with Crippen LogP contribution in [0.3, 0.4) is 0 Å². The Kier molecular flexibility index (Phi) is 6.97. The molecule has 0 aliphatic carbocycles. The molecule has 3 aromatic rings. The van der Waals surface area contributed by atoms with Crippen LogP contribution in [0.15, 0.2) is 54.9 Å². The van der Waals surface area contributed by atoms with E-state index in [1.54, 1.807) is 19.5 Å². The summed E-state index contributed by atoms with van der Waals surface area (Å²) in [5.74, 6) is 2.22. The molecule has 7 heteroatoms. The summed E-state index contributed by atoms with van der Waals surface area (Å²) < 4.78 is 5.29. The van der Waals surface area contributed by atoms with Crippen LogP contribution in [0.25, 0.3) is 11.3 Å². The number of rotatable bonds is 9. The fourth-order valence-corrected chi connectivity index (χ4v) is 2.84. The van der Waals surface area contributed by atoms with Crippen LogP contribution in [-0.2, 0) is 6.54 Å². The predicted octanol–water partition coefficient (Wildman–Crippen LogP) is 3.59. The topological polar surface area (TPSA) is 92.2 Å². The number of hydrogen-bond donors (Lipinski definition) is 3. The van der Waals surface area contributed by atoms with Crippen molar-refractivity contribution in [2.45, 2.75) is 26.4 Å². The largest absolute Gasteiger partial charge is 0.497 e. The fraction of sp³-hybridized carbons (Fsp3) is 0.318. The lowest BCUT2D eigenvalue weighted by Gasteiger charge is -2.20. The van der Waals surface area contributed by atoms with Crippen molar-refractivity contribution < 1.29 is 9.84 Å². The molecule has 0 saturated carbocycles. The molecule has 0 radical (unpaired) electrons. The second kappa shape index (κ2) is 9.84. The summed E-state index contributed by atoms with van der Waals surface area (Å²) in [5.41, 5.74) is 2.80. The van der Waals surface area contributed by atoms with Gasteiger partial charge in [-0.25, -0.2) is 4.98 Å². The lowest BCUT2D eigenvalue weighted by molar-refractivity contribution is 0.248. The third kappa shape index (κ3) is 5.65. The van der Waals surface area contributed by atoms with E-state index < -0.39 is 0 Å². The predicted molar refractivity (Wildman–Crippen MR) is 115 cm³/mol. The molecule has 0 spiro atoms. The molecule has 0 amide bonds. The maximum Gasteiger partial charge on any atom is 0.225 e. The zero-order valence-electron chi connectivity index (χ0n) is 17.0. The molecule has 0 aliphatic heterocycles. The third-order valence-corrected chi connectivity index (χ3v) is 4.63. The Morgan fingerprint density at radius 3 is 2.55 bits per heavy atom. The number of methoxy groups -OCH3 is 1. The summed E-state index contributed by atoms with van der Waals surface area (Å²) in [4.78, 5) is 13.3. The van der Waals surface area contributed by atoms with Crippen LogP contribution in [0.2, 0.25) is 0 Å². The van der Waals surface area contributed by atoms with Crippen molar-refractivity contribution in [1.82, 2.24) is 15.0 Å². The van der Waals surface area contributed by atoms with Crippen molar-refractivity contribution in [2.75, 3.05) is 24.4 Å². The van der Waals surface area contributed by atoms with Gasteiger partial charge in [-0.15, -0.1) is 0 Å². The molecule has 0 saturated heterocycles. The van der Waals surface area contributed by atoms with E-state index >= 15 is 0 Å². The SMILES string of the molecule is COc1cccc(CNc2cc(-c3ccncc3)nc(N[C@@H](CO)C(C)C)n2)c1. The third-order valence-electron chi connectivity index (χ3n) is 4.63. The van der Waals surface area contributed by atoms with Crippen molar-refractivity contribution in [2.24, 2.45) is 5.92 Å². The number of benzene rings is 1. The van der Waals surface area contributed by atoms with Crippen LogP contribution < -0.4 is 15.4 Å². The Hall–Kier alpha value is -3.19. The van der Waals surface area contributed by atoms with E-state index in [0.717, 1.165) is 22.6 Å². The molecule has 1 atom stereocenters. The van der Waals surface area contributed by atoms with Crippen LogP contribution in [0.1, 0.15) is 19.4 Å². The van der Waals surface area contributed by atoms with Gasteiger partial charge in [0.1, 0.15) is 11.6 Å². The summed E-state index contributed by atoms with van der Waals surface area (Å²) >= 11 is 0. The molecule has 0 unspecified atom stereocenters. The van der Waals surface area contributed by atoms with Crippen molar-refractivity contribution in [3.63, 3.8) is 0 Å². The number of aromatic nitrogens is 3. The summed E-state index contributed by atoms with van der Waals surface area (Å²) in [6, 6.07) is 13.5.